The van der Waals surface area contributed by atoms with E-state index in [0.717, 1.165) is 42.8 Å². The molecule has 3 N–H and O–H groups in total. The largest absolute Gasteiger partial charge is 0.396 e. The Hall–Kier alpha value is -0.380. The molecule has 0 bridgehead atoms. The van der Waals surface area contributed by atoms with Crippen LogP contribution in [0.25, 0.3) is 0 Å². The molecule has 7 heteroatoms. The van der Waals surface area contributed by atoms with Crippen molar-refractivity contribution in [1.82, 2.24) is 10.6 Å². The summed E-state index contributed by atoms with van der Waals surface area (Å²) in [5.74, 6) is 1.39. The molecule has 1 saturated heterocycles. The van der Waals surface area contributed by atoms with Crippen LogP contribution in [-0.2, 0) is 4.74 Å². The second kappa shape index (κ2) is 9.53. The van der Waals surface area contributed by atoms with E-state index in [4.69, 9.17) is 4.74 Å². The predicted octanol–water partition coefficient (Wildman–Crippen LogP) is 2.88. The first-order valence-electron chi connectivity index (χ1n) is 8.57. The van der Waals surface area contributed by atoms with E-state index in [1.807, 2.05) is 0 Å². The Morgan fingerprint density at radius 3 is 2.76 bits per heavy atom. The molecule has 1 aliphatic heterocycles. The average molecular weight is 524 g/mol. The number of aliphatic hydroxyl groups is 1. The van der Waals surface area contributed by atoms with Gasteiger partial charge in [0.15, 0.2) is 5.96 Å². The molecule has 1 heterocycles. The highest BCUT2D eigenvalue weighted by Gasteiger charge is 2.39. The molecule has 5 nitrogen and oxygen atoms in total. The lowest BCUT2D eigenvalue weighted by atomic mass is 9.84. The summed E-state index contributed by atoms with van der Waals surface area (Å²) in [5.41, 5.74) is 1.40. The van der Waals surface area contributed by atoms with Crippen molar-refractivity contribution in [2.24, 2.45) is 10.4 Å². The maximum Gasteiger partial charge on any atom is 0.191 e. The maximum absolute atomic E-state index is 9.32. The van der Waals surface area contributed by atoms with E-state index in [-0.39, 0.29) is 36.0 Å². The molecule has 25 heavy (non-hydrogen) atoms. The van der Waals surface area contributed by atoms with Crippen LogP contribution in [0.2, 0.25) is 0 Å². The van der Waals surface area contributed by atoms with Crippen molar-refractivity contribution in [3.63, 3.8) is 0 Å². The van der Waals surface area contributed by atoms with Crippen LogP contribution in [0.3, 0.4) is 0 Å². The van der Waals surface area contributed by atoms with E-state index >= 15 is 0 Å². The fourth-order valence-electron chi connectivity index (χ4n) is 3.39. The van der Waals surface area contributed by atoms with E-state index in [1.165, 1.54) is 5.56 Å². The Kier molecular flexibility index (Phi) is 7.97. The summed E-state index contributed by atoms with van der Waals surface area (Å²) in [6, 6.07) is 8.98. The number of rotatable bonds is 6. The lowest BCUT2D eigenvalue weighted by Gasteiger charge is -2.27. The van der Waals surface area contributed by atoms with Gasteiger partial charge >= 0.3 is 0 Å². The third-order valence-electron chi connectivity index (χ3n) is 5.09. The van der Waals surface area contributed by atoms with E-state index < -0.39 is 0 Å². The molecule has 3 rings (SSSR count). The van der Waals surface area contributed by atoms with E-state index in [1.54, 1.807) is 7.05 Å². The van der Waals surface area contributed by atoms with Crippen LogP contribution in [0.5, 0.6) is 0 Å². The summed E-state index contributed by atoms with van der Waals surface area (Å²) in [7, 11) is 1.80. The van der Waals surface area contributed by atoms with Gasteiger partial charge in [0.05, 0.1) is 6.61 Å². The monoisotopic (exact) mass is 523 g/mol. The number of ether oxygens (including phenoxy) is 1. The molecule has 2 aliphatic rings. The minimum atomic E-state index is 0. The van der Waals surface area contributed by atoms with Crippen LogP contribution in [0, 0.1) is 5.41 Å². The van der Waals surface area contributed by atoms with Gasteiger partial charge in [0.25, 0.3) is 0 Å². The van der Waals surface area contributed by atoms with E-state index in [9.17, 15) is 5.11 Å². The zero-order valence-electron chi connectivity index (χ0n) is 14.5. The zero-order chi connectivity index (χ0) is 17.0. The standard InChI is InChI=1S/C18H26BrN3O2.HI/c1-20-17(21-11-18(6-8-23)7-9-24-12-18)22-16-10-15(16)13-2-4-14(19)5-3-13;/h2-5,15-16,23H,6-12H2,1H3,(H2,20,21,22);1H. The number of halogens is 2. The summed E-state index contributed by atoms with van der Waals surface area (Å²) in [6.07, 6.45) is 2.89. The van der Waals surface area contributed by atoms with E-state index in [0.29, 0.717) is 18.6 Å². The Balaban J connectivity index is 0.00000225. The Morgan fingerprint density at radius 1 is 1.40 bits per heavy atom. The first kappa shape index (κ1) is 20.9. The number of guanidine groups is 1. The van der Waals surface area contributed by atoms with Crippen molar-refractivity contribution in [1.29, 1.82) is 0 Å². The smallest absolute Gasteiger partial charge is 0.191 e. The number of hydrogen-bond acceptors (Lipinski definition) is 3. The molecule has 2 fully saturated rings. The molecule has 0 amide bonds. The zero-order valence-corrected chi connectivity index (χ0v) is 18.4. The molecule has 3 atom stereocenters. The Morgan fingerprint density at radius 2 is 2.16 bits per heavy atom. The SMILES string of the molecule is CN=C(NCC1(CCO)CCOC1)NC1CC1c1ccc(Br)cc1.I. The van der Waals surface area contributed by atoms with Gasteiger partial charge in [-0.3, -0.25) is 4.99 Å². The van der Waals surface area contributed by atoms with Crippen molar-refractivity contribution < 1.29 is 9.84 Å². The van der Waals surface area contributed by atoms with Gasteiger partial charge in [0.2, 0.25) is 0 Å². The lowest BCUT2D eigenvalue weighted by Crippen LogP contribution is -2.45. The molecule has 0 spiro atoms. The summed E-state index contributed by atoms with van der Waals surface area (Å²) in [4.78, 5) is 4.35. The molecule has 3 unspecified atom stereocenters. The summed E-state index contributed by atoms with van der Waals surface area (Å²) in [5, 5.41) is 16.3. The number of aliphatic hydroxyl groups excluding tert-OH is 1. The minimum Gasteiger partial charge on any atom is -0.396 e. The second-order valence-corrected chi connectivity index (χ2v) is 7.76. The molecular weight excluding hydrogens is 497 g/mol. The highest BCUT2D eigenvalue weighted by Crippen LogP contribution is 2.41. The molecule has 0 aromatic heterocycles. The fraction of sp³-hybridized carbons (Fsp3) is 0.611. The molecular formula is C18H27BrIN3O2. The number of aliphatic imine (C=N–C) groups is 1. The first-order chi connectivity index (χ1) is 11.7. The van der Waals surface area contributed by atoms with Gasteiger partial charge in [-0.15, -0.1) is 24.0 Å². The third-order valence-corrected chi connectivity index (χ3v) is 5.62. The molecule has 1 aromatic carbocycles. The van der Waals surface area contributed by atoms with Gasteiger partial charge in [0.1, 0.15) is 0 Å². The van der Waals surface area contributed by atoms with Crippen LogP contribution in [0.1, 0.15) is 30.7 Å². The topological polar surface area (TPSA) is 65.9 Å². The van der Waals surface area contributed by atoms with Crippen LogP contribution in [-0.4, -0.2) is 50.5 Å². The normalized spacial score (nSPS) is 28.4. The number of nitrogens with one attached hydrogen (secondary N) is 2. The van der Waals surface area contributed by atoms with Crippen LogP contribution < -0.4 is 10.6 Å². The van der Waals surface area contributed by atoms with Crippen molar-refractivity contribution in [3.05, 3.63) is 34.3 Å². The molecule has 140 valence electrons. The van der Waals surface area contributed by atoms with Gasteiger partial charge < -0.3 is 20.5 Å². The highest BCUT2D eigenvalue weighted by molar-refractivity contribution is 14.0. The Bertz CT molecular complexity index is 576. The van der Waals surface area contributed by atoms with Crippen molar-refractivity contribution >= 4 is 45.9 Å². The Labute approximate surface area is 175 Å². The van der Waals surface area contributed by atoms with E-state index in [2.05, 4.69) is 55.8 Å². The molecule has 1 saturated carbocycles. The van der Waals surface area contributed by atoms with Crippen molar-refractivity contribution in [3.8, 4) is 0 Å². The fourth-order valence-corrected chi connectivity index (χ4v) is 3.65. The van der Waals surface area contributed by atoms with Crippen LogP contribution in [0.15, 0.2) is 33.7 Å². The van der Waals surface area contributed by atoms with Gasteiger partial charge in [-0.1, -0.05) is 28.1 Å². The predicted molar refractivity (Wildman–Crippen MR) is 115 cm³/mol. The quantitative estimate of drug-likeness (QED) is 0.305. The summed E-state index contributed by atoms with van der Waals surface area (Å²) >= 11 is 3.48. The summed E-state index contributed by atoms with van der Waals surface area (Å²) in [6.45, 7) is 2.47. The third kappa shape index (κ3) is 5.55. The molecule has 0 radical (unpaired) electrons. The number of benzene rings is 1. The minimum absolute atomic E-state index is 0. The van der Waals surface area contributed by atoms with Crippen molar-refractivity contribution in [2.45, 2.75) is 31.2 Å². The number of nitrogens with zero attached hydrogens (tertiary/aromatic N) is 1. The second-order valence-electron chi connectivity index (χ2n) is 6.85. The van der Waals surface area contributed by atoms with Gasteiger partial charge in [-0.2, -0.15) is 0 Å². The van der Waals surface area contributed by atoms with Gasteiger partial charge in [-0.25, -0.2) is 0 Å². The highest BCUT2D eigenvalue weighted by atomic mass is 127. The van der Waals surface area contributed by atoms with Gasteiger partial charge in [0, 0.05) is 48.7 Å². The van der Waals surface area contributed by atoms with Crippen LogP contribution >= 0.6 is 39.9 Å². The molecule has 1 aromatic rings. The maximum atomic E-state index is 9.32. The van der Waals surface area contributed by atoms with Crippen LogP contribution in [0.4, 0.5) is 0 Å². The van der Waals surface area contributed by atoms with Crippen molar-refractivity contribution in [2.75, 3.05) is 33.4 Å². The summed E-state index contributed by atoms with van der Waals surface area (Å²) < 4.78 is 6.65. The molecule has 1 aliphatic carbocycles. The van der Waals surface area contributed by atoms with Gasteiger partial charge in [-0.05, 0) is 37.0 Å². The lowest BCUT2D eigenvalue weighted by molar-refractivity contribution is 0.127. The number of hydrogen-bond donors (Lipinski definition) is 3. The average Bonchev–Trinajstić information content (AvgIpc) is 3.20. The first-order valence-corrected chi connectivity index (χ1v) is 9.36.